The Bertz CT molecular complexity index is 660. The van der Waals surface area contributed by atoms with Gasteiger partial charge in [-0.05, 0) is 49.6 Å². The zero-order valence-corrected chi connectivity index (χ0v) is 13.3. The van der Waals surface area contributed by atoms with E-state index >= 15 is 0 Å². The molecule has 116 valence electrons. The van der Waals surface area contributed by atoms with Crippen LogP contribution in [0.4, 0.5) is 0 Å². The highest BCUT2D eigenvalue weighted by Gasteiger charge is 2.31. The van der Waals surface area contributed by atoms with Crippen LogP contribution in [0.25, 0.3) is 0 Å². The highest BCUT2D eigenvalue weighted by Crippen LogP contribution is 2.38. The van der Waals surface area contributed by atoms with E-state index in [2.05, 4.69) is 23.1 Å². The van der Waals surface area contributed by atoms with Crippen molar-refractivity contribution in [3.63, 3.8) is 0 Å². The van der Waals surface area contributed by atoms with Gasteiger partial charge in [-0.2, -0.15) is 0 Å². The average Bonchev–Trinajstić information content (AvgIpc) is 2.54. The molecule has 2 aliphatic rings. The van der Waals surface area contributed by atoms with Crippen molar-refractivity contribution < 1.29 is 14.3 Å². The summed E-state index contributed by atoms with van der Waals surface area (Å²) in [5, 5.41) is 0. The topological polar surface area (TPSA) is 38.8 Å². The number of ether oxygens (including phenoxy) is 2. The molecule has 2 heterocycles. The number of rotatable bonds is 3. The van der Waals surface area contributed by atoms with Crippen LogP contribution >= 0.6 is 0 Å². The molecular formula is C18H21NO3. The molecule has 22 heavy (non-hydrogen) atoms. The van der Waals surface area contributed by atoms with Crippen molar-refractivity contribution in [1.29, 1.82) is 0 Å². The van der Waals surface area contributed by atoms with Gasteiger partial charge in [0.2, 0.25) is 0 Å². The number of nitrogens with zero attached hydrogens (tertiary/aromatic N) is 1. The fourth-order valence-corrected chi connectivity index (χ4v) is 3.23. The van der Waals surface area contributed by atoms with Gasteiger partial charge in [-0.25, -0.2) is 4.79 Å². The van der Waals surface area contributed by atoms with Crippen LogP contribution in [0.5, 0.6) is 5.75 Å². The van der Waals surface area contributed by atoms with E-state index in [-0.39, 0.29) is 12.0 Å². The van der Waals surface area contributed by atoms with E-state index in [1.807, 2.05) is 26.0 Å². The largest absolute Gasteiger partial charge is 0.497 e. The minimum Gasteiger partial charge on any atom is -0.497 e. The molecule has 1 unspecified atom stereocenters. The van der Waals surface area contributed by atoms with E-state index in [0.717, 1.165) is 24.4 Å². The fraction of sp³-hybridized carbons (Fsp3) is 0.389. The smallest absolute Gasteiger partial charge is 0.339 e. The van der Waals surface area contributed by atoms with Crippen LogP contribution in [0.15, 0.2) is 41.6 Å². The van der Waals surface area contributed by atoms with Crippen molar-refractivity contribution >= 4 is 5.97 Å². The third-order valence-electron chi connectivity index (χ3n) is 4.39. The van der Waals surface area contributed by atoms with Crippen LogP contribution in [0, 0.1) is 0 Å². The maximum atomic E-state index is 12.0. The van der Waals surface area contributed by atoms with Crippen LogP contribution in [0.3, 0.4) is 0 Å². The summed E-state index contributed by atoms with van der Waals surface area (Å²) in [6, 6.07) is 6.42. The number of carbonyl (C=O) groups is 1. The normalized spacial score (nSPS) is 19.6. The SMILES string of the molecule is CCOC(=O)C1=C(C)N2CCc3cc(OC)ccc3C2C=C1. The van der Waals surface area contributed by atoms with Crippen LogP contribution in [-0.4, -0.2) is 31.1 Å². The quantitative estimate of drug-likeness (QED) is 0.804. The standard InChI is InChI=1S/C18H21NO3/c1-4-22-18(20)15-7-8-17-16-6-5-14(21-3)11-13(16)9-10-19(17)12(15)2/h5-8,11,17H,4,9-10H2,1-3H3. The monoisotopic (exact) mass is 299 g/mol. The third kappa shape index (κ3) is 2.39. The number of fused-ring (bicyclic) bond motifs is 3. The van der Waals surface area contributed by atoms with Gasteiger partial charge < -0.3 is 14.4 Å². The first-order valence-corrected chi connectivity index (χ1v) is 7.65. The number of hydrogen-bond donors (Lipinski definition) is 0. The van der Waals surface area contributed by atoms with Crippen molar-refractivity contribution in [2.75, 3.05) is 20.3 Å². The molecule has 4 nitrogen and oxygen atoms in total. The molecule has 1 atom stereocenters. The zero-order chi connectivity index (χ0) is 15.7. The Labute approximate surface area is 131 Å². The Balaban J connectivity index is 1.93. The molecule has 0 amide bonds. The molecule has 0 saturated heterocycles. The molecule has 0 fully saturated rings. The molecule has 0 spiro atoms. The highest BCUT2D eigenvalue weighted by molar-refractivity contribution is 5.92. The van der Waals surface area contributed by atoms with Crippen molar-refractivity contribution in [3.8, 4) is 5.75 Å². The molecule has 0 saturated carbocycles. The van der Waals surface area contributed by atoms with Gasteiger partial charge in [-0.3, -0.25) is 0 Å². The molecule has 2 aliphatic heterocycles. The predicted molar refractivity (Wildman–Crippen MR) is 84.6 cm³/mol. The number of allylic oxidation sites excluding steroid dienone is 1. The summed E-state index contributed by atoms with van der Waals surface area (Å²) in [5.41, 5.74) is 4.26. The second kappa shape index (κ2) is 5.87. The number of methoxy groups -OCH3 is 1. The Hall–Kier alpha value is -2.23. The Morgan fingerprint density at radius 2 is 2.23 bits per heavy atom. The summed E-state index contributed by atoms with van der Waals surface area (Å²) in [5.74, 6) is 0.654. The van der Waals surface area contributed by atoms with Crippen molar-refractivity contribution in [1.82, 2.24) is 4.90 Å². The lowest BCUT2D eigenvalue weighted by molar-refractivity contribution is -0.138. The minimum atomic E-state index is -0.241. The third-order valence-corrected chi connectivity index (χ3v) is 4.39. The Morgan fingerprint density at radius 1 is 1.41 bits per heavy atom. The second-order valence-electron chi connectivity index (χ2n) is 5.53. The first kappa shape index (κ1) is 14.7. The van der Waals surface area contributed by atoms with Gasteiger partial charge >= 0.3 is 5.97 Å². The van der Waals surface area contributed by atoms with Gasteiger partial charge in [-0.1, -0.05) is 12.1 Å². The van der Waals surface area contributed by atoms with Crippen LogP contribution < -0.4 is 4.74 Å². The minimum absolute atomic E-state index is 0.188. The van der Waals surface area contributed by atoms with E-state index in [9.17, 15) is 4.79 Å². The van der Waals surface area contributed by atoms with Gasteiger partial charge in [0.25, 0.3) is 0 Å². The number of benzene rings is 1. The van der Waals surface area contributed by atoms with Crippen molar-refractivity contribution in [3.05, 3.63) is 52.7 Å². The van der Waals surface area contributed by atoms with E-state index < -0.39 is 0 Å². The lowest BCUT2D eigenvalue weighted by Crippen LogP contribution is -2.36. The molecule has 0 bridgehead atoms. The first-order valence-electron chi connectivity index (χ1n) is 7.65. The summed E-state index contributed by atoms with van der Waals surface area (Å²) in [4.78, 5) is 14.3. The van der Waals surface area contributed by atoms with E-state index in [1.54, 1.807) is 7.11 Å². The number of carbonyl (C=O) groups excluding carboxylic acids is 1. The molecule has 1 aromatic rings. The maximum absolute atomic E-state index is 12.0. The molecule has 3 rings (SSSR count). The van der Waals surface area contributed by atoms with E-state index in [0.29, 0.717) is 12.2 Å². The summed E-state index contributed by atoms with van der Waals surface area (Å²) >= 11 is 0. The van der Waals surface area contributed by atoms with Gasteiger partial charge in [0.05, 0.1) is 25.3 Å². The lowest BCUT2D eigenvalue weighted by atomic mass is 9.89. The number of esters is 1. The van der Waals surface area contributed by atoms with E-state index in [1.165, 1.54) is 11.1 Å². The Morgan fingerprint density at radius 3 is 2.95 bits per heavy atom. The summed E-state index contributed by atoms with van der Waals surface area (Å²) in [7, 11) is 1.69. The zero-order valence-electron chi connectivity index (χ0n) is 13.3. The molecule has 0 aliphatic carbocycles. The first-order chi connectivity index (χ1) is 10.7. The highest BCUT2D eigenvalue weighted by atomic mass is 16.5. The van der Waals surface area contributed by atoms with Gasteiger partial charge in [0, 0.05) is 12.2 Å². The van der Waals surface area contributed by atoms with Crippen molar-refractivity contribution in [2.45, 2.75) is 26.3 Å². The molecule has 0 aromatic heterocycles. The van der Waals surface area contributed by atoms with Crippen molar-refractivity contribution in [2.24, 2.45) is 0 Å². The fourth-order valence-electron chi connectivity index (χ4n) is 3.23. The molecular weight excluding hydrogens is 278 g/mol. The predicted octanol–water partition coefficient (Wildman–Crippen LogP) is 3.00. The van der Waals surface area contributed by atoms with Crippen LogP contribution in [-0.2, 0) is 16.0 Å². The summed E-state index contributed by atoms with van der Waals surface area (Å²) < 4.78 is 10.5. The molecule has 1 aromatic carbocycles. The lowest BCUT2D eigenvalue weighted by Gasteiger charge is -2.40. The van der Waals surface area contributed by atoms with Gasteiger partial charge in [0.1, 0.15) is 5.75 Å². The maximum Gasteiger partial charge on any atom is 0.339 e. The average molecular weight is 299 g/mol. The molecule has 0 radical (unpaired) electrons. The summed E-state index contributed by atoms with van der Waals surface area (Å²) in [6.07, 6.45) is 4.93. The van der Waals surface area contributed by atoms with Gasteiger partial charge in [0.15, 0.2) is 0 Å². The second-order valence-corrected chi connectivity index (χ2v) is 5.53. The van der Waals surface area contributed by atoms with Gasteiger partial charge in [-0.15, -0.1) is 0 Å². The number of hydrogen-bond acceptors (Lipinski definition) is 4. The Kier molecular flexibility index (Phi) is 3.92. The summed E-state index contributed by atoms with van der Waals surface area (Å²) in [6.45, 7) is 5.12. The molecule has 0 N–H and O–H groups in total. The van der Waals surface area contributed by atoms with Crippen LogP contribution in [0.1, 0.15) is 31.0 Å². The van der Waals surface area contributed by atoms with E-state index in [4.69, 9.17) is 9.47 Å². The van der Waals surface area contributed by atoms with Crippen LogP contribution in [0.2, 0.25) is 0 Å². The molecule has 4 heteroatoms.